The summed E-state index contributed by atoms with van der Waals surface area (Å²) in [7, 11) is 3.81. The van der Waals surface area contributed by atoms with Crippen LogP contribution in [0.2, 0.25) is 5.02 Å². The lowest BCUT2D eigenvalue weighted by atomic mass is 10.1. The lowest BCUT2D eigenvalue weighted by Crippen LogP contribution is -2.36. The van der Waals surface area contributed by atoms with Crippen molar-refractivity contribution in [3.8, 4) is 0 Å². The van der Waals surface area contributed by atoms with Crippen molar-refractivity contribution in [3.05, 3.63) is 81.2 Å². The fraction of sp³-hybridized carbons (Fsp3) is 0.200. The first-order valence-corrected chi connectivity index (χ1v) is 8.57. The number of nitrogens with one attached hydrogen (secondary N) is 1. The maximum Gasteiger partial charge on any atom is 0.349 e. The highest BCUT2D eigenvalue weighted by molar-refractivity contribution is 6.31. The van der Waals surface area contributed by atoms with Gasteiger partial charge in [0.15, 0.2) is 0 Å². The van der Waals surface area contributed by atoms with Crippen molar-refractivity contribution in [1.29, 1.82) is 0 Å². The summed E-state index contributed by atoms with van der Waals surface area (Å²) < 4.78 is 5.22. The van der Waals surface area contributed by atoms with E-state index in [-0.39, 0.29) is 11.6 Å². The van der Waals surface area contributed by atoms with E-state index in [0.717, 1.165) is 5.56 Å². The van der Waals surface area contributed by atoms with Crippen molar-refractivity contribution in [2.45, 2.75) is 6.04 Å². The Hall–Kier alpha value is -2.63. The smallest absolute Gasteiger partial charge is 0.349 e. The van der Waals surface area contributed by atoms with Crippen LogP contribution in [0.1, 0.15) is 22.0 Å². The molecule has 6 heteroatoms. The van der Waals surface area contributed by atoms with Crippen LogP contribution >= 0.6 is 11.6 Å². The maximum atomic E-state index is 12.5. The van der Waals surface area contributed by atoms with E-state index in [0.29, 0.717) is 22.5 Å². The molecular formula is C20H19ClN2O3. The second-order valence-corrected chi connectivity index (χ2v) is 6.60. The molecule has 2 aromatic carbocycles. The van der Waals surface area contributed by atoms with Gasteiger partial charge in [0.25, 0.3) is 5.91 Å². The van der Waals surface area contributed by atoms with Gasteiger partial charge in [0.2, 0.25) is 0 Å². The zero-order chi connectivity index (χ0) is 18.7. The van der Waals surface area contributed by atoms with Crippen LogP contribution in [0.25, 0.3) is 11.0 Å². The molecule has 26 heavy (non-hydrogen) atoms. The van der Waals surface area contributed by atoms with Crippen molar-refractivity contribution < 1.29 is 9.21 Å². The number of nitrogens with zero attached hydrogens (tertiary/aromatic N) is 1. The number of para-hydroxylation sites is 1. The van der Waals surface area contributed by atoms with E-state index >= 15 is 0 Å². The normalized spacial score (nSPS) is 12.3. The van der Waals surface area contributed by atoms with Crippen molar-refractivity contribution >= 4 is 28.5 Å². The average Bonchev–Trinajstić information content (AvgIpc) is 2.62. The second-order valence-electron chi connectivity index (χ2n) is 6.20. The summed E-state index contributed by atoms with van der Waals surface area (Å²) in [6.45, 7) is 0.307. The number of fused-ring (bicyclic) bond motifs is 1. The molecule has 3 rings (SSSR count). The minimum Gasteiger partial charge on any atom is -0.422 e. The minimum atomic E-state index is -0.652. The third kappa shape index (κ3) is 3.79. The fourth-order valence-electron chi connectivity index (χ4n) is 2.82. The van der Waals surface area contributed by atoms with Gasteiger partial charge in [-0.05, 0) is 37.9 Å². The Morgan fingerprint density at radius 3 is 2.58 bits per heavy atom. The minimum absolute atomic E-state index is 0.0136. The number of amides is 1. The van der Waals surface area contributed by atoms with E-state index in [1.54, 1.807) is 24.3 Å². The number of hydrogen-bond donors (Lipinski definition) is 1. The number of benzene rings is 2. The Bertz CT molecular complexity index is 998. The van der Waals surface area contributed by atoms with Gasteiger partial charge < -0.3 is 14.6 Å². The molecule has 0 aliphatic carbocycles. The van der Waals surface area contributed by atoms with Gasteiger partial charge in [-0.25, -0.2) is 4.79 Å². The second kappa shape index (κ2) is 7.72. The Kier molecular flexibility index (Phi) is 5.40. The monoisotopic (exact) mass is 370 g/mol. The number of halogens is 1. The Labute approximate surface area is 156 Å². The third-order valence-corrected chi connectivity index (χ3v) is 4.57. The van der Waals surface area contributed by atoms with Crippen LogP contribution in [0.3, 0.4) is 0 Å². The van der Waals surface area contributed by atoms with E-state index in [2.05, 4.69) is 5.32 Å². The van der Waals surface area contributed by atoms with E-state index in [4.69, 9.17) is 16.0 Å². The molecule has 1 N–H and O–H groups in total. The molecule has 0 unspecified atom stereocenters. The van der Waals surface area contributed by atoms with Crippen LogP contribution in [-0.4, -0.2) is 31.4 Å². The highest BCUT2D eigenvalue weighted by Crippen LogP contribution is 2.25. The zero-order valence-corrected chi connectivity index (χ0v) is 15.3. The molecule has 3 aromatic rings. The molecule has 0 aliphatic rings. The molecule has 0 radical (unpaired) electrons. The van der Waals surface area contributed by atoms with Crippen molar-refractivity contribution in [3.63, 3.8) is 0 Å². The van der Waals surface area contributed by atoms with Gasteiger partial charge in [-0.3, -0.25) is 4.79 Å². The van der Waals surface area contributed by atoms with Crippen molar-refractivity contribution in [1.82, 2.24) is 10.2 Å². The molecule has 1 amide bonds. The summed E-state index contributed by atoms with van der Waals surface area (Å²) in [6.07, 6.45) is 0. The Morgan fingerprint density at radius 1 is 1.15 bits per heavy atom. The molecule has 0 fully saturated rings. The predicted molar refractivity (Wildman–Crippen MR) is 103 cm³/mol. The van der Waals surface area contributed by atoms with Gasteiger partial charge >= 0.3 is 5.63 Å². The number of likely N-dealkylation sites (N-methyl/N-ethyl adjacent to an activating group) is 1. The number of hydrogen-bond acceptors (Lipinski definition) is 4. The van der Waals surface area contributed by atoms with E-state index in [1.807, 2.05) is 49.3 Å². The van der Waals surface area contributed by atoms with Crippen LogP contribution in [0, 0.1) is 0 Å². The lowest BCUT2D eigenvalue weighted by molar-refractivity contribution is 0.0938. The van der Waals surface area contributed by atoms with E-state index in [1.165, 1.54) is 0 Å². The number of carbonyl (C=O) groups is 1. The predicted octanol–water partition coefficient (Wildman–Crippen LogP) is 3.48. The number of carbonyl (C=O) groups excluding carboxylic acids is 1. The van der Waals surface area contributed by atoms with Crippen LogP contribution in [0.4, 0.5) is 0 Å². The Balaban J connectivity index is 1.82. The van der Waals surface area contributed by atoms with Gasteiger partial charge in [-0.1, -0.05) is 48.0 Å². The summed E-state index contributed by atoms with van der Waals surface area (Å²) in [5, 5.41) is 4.14. The summed E-state index contributed by atoms with van der Waals surface area (Å²) in [5.41, 5.74) is 0.696. The van der Waals surface area contributed by atoms with Crippen LogP contribution in [0.5, 0.6) is 0 Å². The van der Waals surface area contributed by atoms with Gasteiger partial charge in [0.05, 0.1) is 6.04 Å². The van der Waals surface area contributed by atoms with Crippen LogP contribution < -0.4 is 10.9 Å². The summed E-state index contributed by atoms with van der Waals surface area (Å²) in [4.78, 5) is 26.6. The van der Waals surface area contributed by atoms with Crippen LogP contribution in [0.15, 0.2) is 63.8 Å². The van der Waals surface area contributed by atoms with E-state index < -0.39 is 11.5 Å². The lowest BCUT2D eigenvalue weighted by Gasteiger charge is -2.25. The quantitative estimate of drug-likeness (QED) is 0.698. The van der Waals surface area contributed by atoms with Gasteiger partial charge in [0.1, 0.15) is 11.1 Å². The summed E-state index contributed by atoms with van der Waals surface area (Å²) in [6, 6.07) is 16.0. The summed E-state index contributed by atoms with van der Waals surface area (Å²) in [5.74, 6) is -0.469. The molecule has 0 aliphatic heterocycles. The van der Waals surface area contributed by atoms with Crippen molar-refractivity contribution in [2.24, 2.45) is 0 Å². The molecule has 1 heterocycles. The molecule has 0 bridgehead atoms. The largest absolute Gasteiger partial charge is 0.422 e. The topological polar surface area (TPSA) is 62.6 Å². The summed E-state index contributed by atoms with van der Waals surface area (Å²) >= 11 is 6.28. The van der Waals surface area contributed by atoms with Gasteiger partial charge in [0, 0.05) is 17.0 Å². The highest BCUT2D eigenvalue weighted by Gasteiger charge is 2.20. The molecule has 0 saturated carbocycles. The third-order valence-electron chi connectivity index (χ3n) is 4.23. The first-order chi connectivity index (χ1) is 12.5. The molecular weight excluding hydrogens is 352 g/mol. The fourth-order valence-corrected chi connectivity index (χ4v) is 3.08. The average molecular weight is 371 g/mol. The first-order valence-electron chi connectivity index (χ1n) is 8.19. The molecule has 1 atom stereocenters. The molecule has 1 aromatic heterocycles. The highest BCUT2D eigenvalue weighted by atomic mass is 35.5. The molecule has 0 saturated heterocycles. The maximum absolute atomic E-state index is 12.5. The first kappa shape index (κ1) is 18.2. The number of rotatable bonds is 5. The molecule has 5 nitrogen and oxygen atoms in total. The standard InChI is InChI=1S/C20H19ClN2O3/c1-23(2)17(14-8-4-5-9-16(14)21)12-22-19(24)15-11-13-7-3-6-10-18(13)26-20(15)25/h3-11,17H,12H2,1-2H3,(H,22,24)/t17-/m0/s1. The molecule has 0 spiro atoms. The van der Waals surface area contributed by atoms with Gasteiger partial charge in [-0.2, -0.15) is 0 Å². The van der Waals surface area contributed by atoms with Gasteiger partial charge in [-0.15, -0.1) is 0 Å². The van der Waals surface area contributed by atoms with Crippen LogP contribution in [-0.2, 0) is 0 Å². The van der Waals surface area contributed by atoms with Crippen molar-refractivity contribution in [2.75, 3.05) is 20.6 Å². The SMILES string of the molecule is CN(C)[C@@H](CNC(=O)c1cc2ccccc2oc1=O)c1ccccc1Cl. The van der Waals surface area contributed by atoms with E-state index in [9.17, 15) is 9.59 Å². The zero-order valence-electron chi connectivity index (χ0n) is 14.5. The molecule has 134 valence electrons. The Morgan fingerprint density at radius 2 is 1.85 bits per heavy atom.